The highest BCUT2D eigenvalue weighted by atomic mass is 15.2. The van der Waals surface area contributed by atoms with E-state index in [1.165, 1.54) is 45.6 Å². The van der Waals surface area contributed by atoms with Gasteiger partial charge in [-0.25, -0.2) is 0 Å². The summed E-state index contributed by atoms with van der Waals surface area (Å²) in [6.07, 6.45) is 2.68. The topological polar surface area (TPSA) is 32.5 Å². The SMILES string of the molecule is CCN(CC)CC1CCN(CC(C)(C)N)CC1. The van der Waals surface area contributed by atoms with Gasteiger partial charge in [-0.05, 0) is 58.8 Å². The second kappa shape index (κ2) is 6.72. The maximum absolute atomic E-state index is 6.07. The van der Waals surface area contributed by atoms with Crippen molar-refractivity contribution in [1.82, 2.24) is 9.80 Å². The minimum Gasteiger partial charge on any atom is -0.324 e. The van der Waals surface area contributed by atoms with Crippen LogP contribution in [0.1, 0.15) is 40.5 Å². The number of likely N-dealkylation sites (tertiary alicyclic amines) is 1. The van der Waals surface area contributed by atoms with Crippen LogP contribution in [0.5, 0.6) is 0 Å². The van der Waals surface area contributed by atoms with Gasteiger partial charge in [0.05, 0.1) is 0 Å². The lowest BCUT2D eigenvalue weighted by atomic mass is 9.94. The van der Waals surface area contributed by atoms with Gasteiger partial charge >= 0.3 is 0 Å². The van der Waals surface area contributed by atoms with Crippen LogP contribution in [-0.2, 0) is 0 Å². The van der Waals surface area contributed by atoms with Crippen molar-refractivity contribution in [3.05, 3.63) is 0 Å². The van der Waals surface area contributed by atoms with Crippen molar-refractivity contribution < 1.29 is 0 Å². The van der Waals surface area contributed by atoms with Gasteiger partial charge in [0.2, 0.25) is 0 Å². The van der Waals surface area contributed by atoms with Gasteiger partial charge in [-0.15, -0.1) is 0 Å². The first-order valence-corrected chi connectivity index (χ1v) is 7.18. The average Bonchev–Trinajstić information content (AvgIpc) is 2.26. The van der Waals surface area contributed by atoms with E-state index < -0.39 is 0 Å². The van der Waals surface area contributed by atoms with Crippen LogP contribution < -0.4 is 5.73 Å². The van der Waals surface area contributed by atoms with Crippen LogP contribution in [0.4, 0.5) is 0 Å². The third-order valence-electron chi connectivity index (χ3n) is 3.75. The van der Waals surface area contributed by atoms with Crippen molar-refractivity contribution in [3.63, 3.8) is 0 Å². The molecule has 1 rings (SSSR count). The summed E-state index contributed by atoms with van der Waals surface area (Å²) in [6, 6.07) is 0. The quantitative estimate of drug-likeness (QED) is 0.769. The molecule has 0 aromatic carbocycles. The minimum absolute atomic E-state index is 0.0499. The molecule has 3 nitrogen and oxygen atoms in total. The molecule has 0 unspecified atom stereocenters. The van der Waals surface area contributed by atoms with E-state index in [1.54, 1.807) is 0 Å². The zero-order chi connectivity index (χ0) is 12.9. The van der Waals surface area contributed by atoms with Crippen molar-refractivity contribution in [2.45, 2.75) is 46.1 Å². The lowest BCUT2D eigenvalue weighted by molar-refractivity contribution is 0.132. The zero-order valence-electron chi connectivity index (χ0n) is 12.2. The smallest absolute Gasteiger partial charge is 0.0226 e. The highest BCUT2D eigenvalue weighted by Crippen LogP contribution is 2.19. The van der Waals surface area contributed by atoms with E-state index in [2.05, 4.69) is 37.5 Å². The Morgan fingerprint density at radius 1 is 1.18 bits per heavy atom. The summed E-state index contributed by atoms with van der Waals surface area (Å²) in [4.78, 5) is 5.08. The Bertz CT molecular complexity index is 198. The second-order valence-corrected chi connectivity index (χ2v) is 6.19. The largest absolute Gasteiger partial charge is 0.324 e. The molecule has 3 heteroatoms. The van der Waals surface area contributed by atoms with Gasteiger partial charge in [-0.1, -0.05) is 13.8 Å². The Hall–Kier alpha value is -0.120. The first kappa shape index (κ1) is 14.9. The van der Waals surface area contributed by atoms with Crippen molar-refractivity contribution >= 4 is 0 Å². The molecule has 0 bridgehead atoms. The Morgan fingerprint density at radius 2 is 1.71 bits per heavy atom. The highest BCUT2D eigenvalue weighted by Gasteiger charge is 2.23. The van der Waals surface area contributed by atoms with Gasteiger partial charge < -0.3 is 15.5 Å². The molecule has 1 heterocycles. The minimum atomic E-state index is -0.0499. The van der Waals surface area contributed by atoms with Gasteiger partial charge in [0.1, 0.15) is 0 Å². The summed E-state index contributed by atoms with van der Waals surface area (Å²) in [7, 11) is 0. The molecule has 17 heavy (non-hydrogen) atoms. The van der Waals surface area contributed by atoms with E-state index in [1.807, 2.05) is 0 Å². The summed E-state index contributed by atoms with van der Waals surface area (Å²) in [5.41, 5.74) is 6.02. The standard InChI is InChI=1S/C14H31N3/c1-5-16(6-2)11-13-7-9-17(10-8-13)12-14(3,4)15/h13H,5-12,15H2,1-4H3. The van der Waals surface area contributed by atoms with Crippen LogP contribution in [0.15, 0.2) is 0 Å². The van der Waals surface area contributed by atoms with Crippen molar-refractivity contribution in [3.8, 4) is 0 Å². The summed E-state index contributed by atoms with van der Waals surface area (Å²) in [5.74, 6) is 0.895. The maximum Gasteiger partial charge on any atom is 0.0226 e. The first-order valence-electron chi connectivity index (χ1n) is 7.18. The van der Waals surface area contributed by atoms with E-state index in [-0.39, 0.29) is 5.54 Å². The molecule has 1 saturated heterocycles. The normalized spacial score (nSPS) is 20.1. The molecule has 102 valence electrons. The van der Waals surface area contributed by atoms with E-state index in [0.29, 0.717) is 0 Å². The third-order valence-corrected chi connectivity index (χ3v) is 3.75. The lowest BCUT2D eigenvalue weighted by Gasteiger charge is -2.37. The number of rotatable bonds is 6. The Labute approximate surface area is 107 Å². The number of piperidine rings is 1. The van der Waals surface area contributed by atoms with Crippen molar-refractivity contribution in [1.29, 1.82) is 0 Å². The van der Waals surface area contributed by atoms with E-state index in [0.717, 1.165) is 12.5 Å². The molecule has 1 aliphatic heterocycles. The summed E-state index contributed by atoms with van der Waals surface area (Å²) >= 11 is 0. The van der Waals surface area contributed by atoms with E-state index in [4.69, 9.17) is 5.73 Å². The summed E-state index contributed by atoms with van der Waals surface area (Å²) < 4.78 is 0. The number of hydrogen-bond acceptors (Lipinski definition) is 3. The third kappa shape index (κ3) is 5.84. The maximum atomic E-state index is 6.07. The van der Waals surface area contributed by atoms with Crippen LogP contribution in [-0.4, -0.2) is 54.6 Å². The van der Waals surface area contributed by atoms with Gasteiger partial charge in [-0.3, -0.25) is 0 Å². The fraction of sp³-hybridized carbons (Fsp3) is 1.00. The van der Waals surface area contributed by atoms with Crippen molar-refractivity contribution in [2.24, 2.45) is 11.7 Å². The number of hydrogen-bond donors (Lipinski definition) is 1. The zero-order valence-corrected chi connectivity index (χ0v) is 12.2. The molecule has 0 aromatic rings. The van der Waals surface area contributed by atoms with E-state index >= 15 is 0 Å². The van der Waals surface area contributed by atoms with E-state index in [9.17, 15) is 0 Å². The van der Waals surface area contributed by atoms with Crippen LogP contribution in [0, 0.1) is 5.92 Å². The lowest BCUT2D eigenvalue weighted by Crippen LogP contribution is -2.48. The molecule has 0 atom stereocenters. The molecule has 0 saturated carbocycles. The summed E-state index contributed by atoms with van der Waals surface area (Å²) in [5, 5.41) is 0. The highest BCUT2D eigenvalue weighted by molar-refractivity contribution is 4.81. The molecule has 0 radical (unpaired) electrons. The first-order chi connectivity index (χ1) is 7.94. The number of nitrogens with zero attached hydrogens (tertiary/aromatic N) is 2. The second-order valence-electron chi connectivity index (χ2n) is 6.19. The van der Waals surface area contributed by atoms with Gasteiger partial charge in [0, 0.05) is 18.6 Å². The Balaban J connectivity index is 2.26. The van der Waals surface area contributed by atoms with Gasteiger partial charge in [0.25, 0.3) is 0 Å². The Morgan fingerprint density at radius 3 is 2.12 bits per heavy atom. The predicted octanol–water partition coefficient (Wildman–Crippen LogP) is 1.78. The van der Waals surface area contributed by atoms with Crippen LogP contribution >= 0.6 is 0 Å². The molecule has 0 aromatic heterocycles. The van der Waals surface area contributed by atoms with Crippen LogP contribution in [0.3, 0.4) is 0 Å². The molecule has 0 amide bonds. The van der Waals surface area contributed by atoms with Crippen molar-refractivity contribution in [2.75, 3.05) is 39.3 Å². The van der Waals surface area contributed by atoms with Gasteiger partial charge in [-0.2, -0.15) is 0 Å². The predicted molar refractivity (Wildman–Crippen MR) is 75.2 cm³/mol. The summed E-state index contributed by atoms with van der Waals surface area (Å²) in [6.45, 7) is 15.9. The van der Waals surface area contributed by atoms with Crippen LogP contribution in [0.2, 0.25) is 0 Å². The van der Waals surface area contributed by atoms with Gasteiger partial charge in [0.15, 0.2) is 0 Å². The monoisotopic (exact) mass is 241 g/mol. The van der Waals surface area contributed by atoms with Crippen LogP contribution in [0.25, 0.3) is 0 Å². The molecular formula is C14H31N3. The molecule has 0 spiro atoms. The molecule has 2 N–H and O–H groups in total. The molecule has 1 fully saturated rings. The molecule has 1 aliphatic rings. The average molecular weight is 241 g/mol. The molecular weight excluding hydrogens is 210 g/mol. The Kier molecular flexibility index (Phi) is 5.90. The fourth-order valence-electron chi connectivity index (χ4n) is 2.75. The molecule has 0 aliphatic carbocycles. The fourth-order valence-corrected chi connectivity index (χ4v) is 2.75. The number of nitrogens with two attached hydrogens (primary N) is 1.